The first-order chi connectivity index (χ1) is 17.2. The van der Waals surface area contributed by atoms with Crippen LogP contribution in [0.1, 0.15) is 24.0 Å². The fraction of sp³-hybridized carbons (Fsp3) is 0.200. The highest BCUT2D eigenvalue weighted by Gasteiger charge is 2.39. The molecule has 188 valence electrons. The minimum atomic E-state index is -3.84. The van der Waals surface area contributed by atoms with Crippen LogP contribution in [0, 0.1) is 5.82 Å². The maximum absolute atomic E-state index is 13.0. The lowest BCUT2D eigenvalue weighted by molar-refractivity contribution is -0.124. The third-order valence-corrected chi connectivity index (χ3v) is 8.37. The molecule has 0 bridgehead atoms. The third kappa shape index (κ3) is 6.31. The molecule has 11 heteroatoms. The smallest absolute Gasteiger partial charge is 0.258 e. The van der Waals surface area contributed by atoms with E-state index in [1.165, 1.54) is 46.9 Å². The molecule has 1 N–H and O–H groups in total. The second-order valence-electron chi connectivity index (χ2n) is 8.07. The van der Waals surface area contributed by atoms with Crippen LogP contribution in [0.3, 0.4) is 0 Å². The minimum absolute atomic E-state index is 0.0849. The van der Waals surface area contributed by atoms with E-state index in [0.717, 1.165) is 5.56 Å². The number of hydrogen-bond acceptors (Lipinski definition) is 5. The Morgan fingerprint density at radius 2 is 1.89 bits per heavy atom. The molecule has 1 amide bonds. The van der Waals surface area contributed by atoms with Gasteiger partial charge in [-0.2, -0.15) is 9.41 Å². The number of carbonyl (C=O) groups excluding carboxylic acids is 1. The van der Waals surface area contributed by atoms with Gasteiger partial charge in [-0.15, -0.1) is 0 Å². The average molecular weight is 595 g/mol. The van der Waals surface area contributed by atoms with Crippen molar-refractivity contribution in [1.82, 2.24) is 9.73 Å². The van der Waals surface area contributed by atoms with Crippen LogP contribution in [-0.2, 0) is 21.4 Å². The molecule has 1 aliphatic heterocycles. The van der Waals surface area contributed by atoms with Crippen molar-refractivity contribution in [2.45, 2.75) is 30.4 Å². The van der Waals surface area contributed by atoms with E-state index >= 15 is 0 Å². The van der Waals surface area contributed by atoms with Crippen molar-refractivity contribution < 1.29 is 22.3 Å². The van der Waals surface area contributed by atoms with Gasteiger partial charge in [-0.05, 0) is 94.5 Å². The van der Waals surface area contributed by atoms with Gasteiger partial charge in [-0.3, -0.25) is 4.79 Å². The Hall–Kier alpha value is -2.79. The van der Waals surface area contributed by atoms with Crippen LogP contribution in [-0.4, -0.2) is 37.4 Å². The van der Waals surface area contributed by atoms with Crippen molar-refractivity contribution in [2.75, 3.05) is 6.54 Å². The molecule has 1 aliphatic rings. The molecule has 0 radical (unpaired) electrons. The lowest BCUT2D eigenvalue weighted by atomic mass is 10.2. The van der Waals surface area contributed by atoms with Gasteiger partial charge < -0.3 is 4.74 Å². The number of ether oxygens (including phenoxy) is 1. The number of amides is 1. The van der Waals surface area contributed by atoms with E-state index < -0.39 is 22.0 Å². The summed E-state index contributed by atoms with van der Waals surface area (Å²) in [6.45, 7) is 0.526. The topological polar surface area (TPSA) is 88.1 Å². The highest BCUT2D eigenvalue weighted by molar-refractivity contribution is 9.10. The van der Waals surface area contributed by atoms with Crippen LogP contribution in [0.25, 0.3) is 0 Å². The molecule has 1 heterocycles. The summed E-state index contributed by atoms with van der Waals surface area (Å²) < 4.78 is 46.7. The van der Waals surface area contributed by atoms with E-state index in [1.807, 2.05) is 0 Å². The van der Waals surface area contributed by atoms with Crippen molar-refractivity contribution in [3.8, 4) is 5.75 Å². The molecule has 1 fully saturated rings. The Morgan fingerprint density at radius 1 is 1.17 bits per heavy atom. The van der Waals surface area contributed by atoms with Gasteiger partial charge in [0.15, 0.2) is 0 Å². The van der Waals surface area contributed by atoms with E-state index in [-0.39, 0.29) is 23.9 Å². The second-order valence-corrected chi connectivity index (χ2v) is 11.2. The zero-order valence-electron chi connectivity index (χ0n) is 18.9. The Morgan fingerprint density at radius 3 is 2.58 bits per heavy atom. The number of nitrogens with one attached hydrogen (secondary N) is 1. The van der Waals surface area contributed by atoms with Crippen LogP contribution in [0.4, 0.5) is 4.39 Å². The normalized spacial score (nSPS) is 16.4. The van der Waals surface area contributed by atoms with E-state index in [4.69, 9.17) is 16.3 Å². The Labute approximate surface area is 222 Å². The molecule has 3 aromatic rings. The van der Waals surface area contributed by atoms with Crippen LogP contribution >= 0.6 is 27.5 Å². The molecule has 0 unspecified atom stereocenters. The maximum Gasteiger partial charge on any atom is 0.258 e. The summed E-state index contributed by atoms with van der Waals surface area (Å²) in [5.41, 5.74) is 3.96. The molecule has 0 spiro atoms. The summed E-state index contributed by atoms with van der Waals surface area (Å²) in [5, 5.41) is 4.43. The molecular formula is C25H22BrClFN3O4S. The standard InChI is InChI=1S/C25H22BrClFN3O4S/c26-22-14-18(5-12-24(22)35-16-17-3-8-20(28)9-4-17)15-29-30-25(32)23-2-1-13-31(23)36(33,34)21-10-6-19(27)7-11-21/h3-12,14-15,23H,1-2,13,16H2,(H,30,32)/b29-15-/t23-/m0/s1. The zero-order valence-corrected chi connectivity index (χ0v) is 22.1. The number of nitrogens with zero attached hydrogens (tertiary/aromatic N) is 2. The van der Waals surface area contributed by atoms with Crippen LogP contribution in [0.5, 0.6) is 5.75 Å². The largest absolute Gasteiger partial charge is 0.488 e. The fourth-order valence-corrected chi connectivity index (χ4v) is 6.03. The van der Waals surface area contributed by atoms with E-state index in [1.54, 1.807) is 30.3 Å². The summed E-state index contributed by atoms with van der Waals surface area (Å²) in [4.78, 5) is 12.8. The van der Waals surface area contributed by atoms with E-state index in [0.29, 0.717) is 33.6 Å². The molecule has 1 saturated heterocycles. The number of halogens is 3. The van der Waals surface area contributed by atoms with Crippen molar-refractivity contribution in [1.29, 1.82) is 0 Å². The van der Waals surface area contributed by atoms with Gasteiger partial charge in [-0.25, -0.2) is 18.2 Å². The number of benzene rings is 3. The SMILES string of the molecule is O=C(N/N=C\c1ccc(OCc2ccc(F)cc2)c(Br)c1)[C@@H]1CCCN1S(=O)(=O)c1ccc(Cl)cc1. The third-order valence-electron chi connectivity index (χ3n) is 5.58. The fourth-order valence-electron chi connectivity index (χ4n) is 3.73. The number of hydrogen-bond donors (Lipinski definition) is 1. The summed E-state index contributed by atoms with van der Waals surface area (Å²) in [6, 6.07) is 16.3. The first kappa shape index (κ1) is 26.3. The highest BCUT2D eigenvalue weighted by atomic mass is 79.9. The maximum atomic E-state index is 13.0. The molecule has 4 rings (SSSR count). The van der Waals surface area contributed by atoms with Crippen LogP contribution in [0.2, 0.25) is 5.02 Å². The highest BCUT2D eigenvalue weighted by Crippen LogP contribution is 2.28. The summed E-state index contributed by atoms with van der Waals surface area (Å²) in [5.74, 6) is -0.214. The van der Waals surface area contributed by atoms with E-state index in [9.17, 15) is 17.6 Å². The molecular weight excluding hydrogens is 573 g/mol. The minimum Gasteiger partial charge on any atom is -0.488 e. The molecule has 0 aromatic heterocycles. The summed E-state index contributed by atoms with van der Waals surface area (Å²) >= 11 is 9.31. The van der Waals surface area contributed by atoms with Crippen molar-refractivity contribution in [3.63, 3.8) is 0 Å². The first-order valence-corrected chi connectivity index (χ1v) is 13.6. The monoisotopic (exact) mass is 593 g/mol. The van der Waals surface area contributed by atoms with Crippen molar-refractivity contribution in [3.05, 3.63) is 93.2 Å². The Balaban J connectivity index is 1.36. The molecule has 1 atom stereocenters. The van der Waals surface area contributed by atoms with E-state index in [2.05, 4.69) is 26.5 Å². The van der Waals surface area contributed by atoms with Gasteiger partial charge in [0.1, 0.15) is 24.2 Å². The quantitative estimate of drug-likeness (QED) is 0.290. The zero-order chi connectivity index (χ0) is 25.7. The predicted molar refractivity (Wildman–Crippen MR) is 139 cm³/mol. The molecule has 7 nitrogen and oxygen atoms in total. The Kier molecular flexibility index (Phi) is 8.40. The van der Waals surface area contributed by atoms with Crippen LogP contribution < -0.4 is 10.2 Å². The number of sulfonamides is 1. The molecule has 36 heavy (non-hydrogen) atoms. The molecule has 0 saturated carbocycles. The number of rotatable bonds is 8. The van der Waals surface area contributed by atoms with Gasteiger partial charge in [0.25, 0.3) is 5.91 Å². The molecule has 0 aliphatic carbocycles. The second kappa shape index (κ2) is 11.5. The Bertz CT molecular complexity index is 1370. The predicted octanol–water partition coefficient (Wildman–Crippen LogP) is 5.12. The van der Waals surface area contributed by atoms with Crippen LogP contribution in [0.15, 0.2) is 81.2 Å². The average Bonchev–Trinajstić information content (AvgIpc) is 3.36. The summed E-state index contributed by atoms with van der Waals surface area (Å²) in [6.07, 6.45) is 2.43. The number of carbonyl (C=O) groups is 1. The lowest BCUT2D eigenvalue weighted by Gasteiger charge is -2.22. The first-order valence-electron chi connectivity index (χ1n) is 11.0. The van der Waals surface area contributed by atoms with Crippen molar-refractivity contribution in [2.24, 2.45) is 5.10 Å². The number of hydrazone groups is 1. The van der Waals surface area contributed by atoms with Gasteiger partial charge in [0.05, 0.1) is 15.6 Å². The summed E-state index contributed by atoms with van der Waals surface area (Å²) in [7, 11) is -3.84. The van der Waals surface area contributed by atoms with Gasteiger partial charge in [0, 0.05) is 11.6 Å². The van der Waals surface area contributed by atoms with Gasteiger partial charge in [0.2, 0.25) is 10.0 Å². The van der Waals surface area contributed by atoms with Gasteiger partial charge in [-0.1, -0.05) is 23.7 Å². The molecule has 3 aromatic carbocycles. The lowest BCUT2D eigenvalue weighted by Crippen LogP contribution is -2.44. The van der Waals surface area contributed by atoms with Gasteiger partial charge >= 0.3 is 0 Å². The van der Waals surface area contributed by atoms with Crippen molar-refractivity contribution >= 4 is 49.7 Å².